The molecule has 0 aliphatic heterocycles. The van der Waals surface area contributed by atoms with Gasteiger partial charge < -0.3 is 9.84 Å². The molecule has 0 aliphatic rings. The van der Waals surface area contributed by atoms with Gasteiger partial charge in [0.15, 0.2) is 0 Å². The maximum Gasteiger partial charge on any atom is 0.314 e. The Morgan fingerprint density at radius 1 is 1.35 bits per heavy atom. The predicted molar refractivity (Wildman–Crippen MR) is 69.0 cm³/mol. The summed E-state index contributed by atoms with van der Waals surface area (Å²) >= 11 is 1.52. The van der Waals surface area contributed by atoms with Crippen molar-refractivity contribution in [3.63, 3.8) is 0 Å². The van der Waals surface area contributed by atoms with Gasteiger partial charge in [0.1, 0.15) is 5.75 Å². The van der Waals surface area contributed by atoms with Gasteiger partial charge in [-0.25, -0.2) is 0 Å². The number of aliphatic carboxylic acids is 1. The van der Waals surface area contributed by atoms with Gasteiger partial charge in [-0.2, -0.15) is 0 Å². The lowest BCUT2D eigenvalue weighted by Gasteiger charge is -2.16. The zero-order chi connectivity index (χ0) is 12.6. The van der Waals surface area contributed by atoms with Gasteiger partial charge in [-0.15, -0.1) is 11.3 Å². The quantitative estimate of drug-likeness (QED) is 0.909. The van der Waals surface area contributed by atoms with Crippen LogP contribution in [-0.2, 0) is 10.2 Å². The minimum Gasteiger partial charge on any atom is -0.497 e. The van der Waals surface area contributed by atoms with Crippen LogP contribution in [0.2, 0.25) is 0 Å². The molecule has 0 bridgehead atoms. The van der Waals surface area contributed by atoms with Crippen molar-refractivity contribution in [2.75, 3.05) is 7.11 Å². The molecule has 0 radical (unpaired) electrons. The highest BCUT2D eigenvalue weighted by Gasteiger charge is 2.31. The molecule has 4 heteroatoms. The summed E-state index contributed by atoms with van der Waals surface area (Å²) in [5.41, 5.74) is -0.850. The second-order valence-corrected chi connectivity index (χ2v) is 5.53. The van der Waals surface area contributed by atoms with E-state index < -0.39 is 11.4 Å². The molecule has 0 saturated heterocycles. The van der Waals surface area contributed by atoms with E-state index in [9.17, 15) is 9.90 Å². The molecule has 0 spiro atoms. The standard InChI is InChI=1S/C13H14O3S/c1-13(2,12(14)15)11-7-8-6-9(16-3)4-5-10(8)17-11/h4-7H,1-3H3,(H,14,15). The van der Waals surface area contributed by atoms with E-state index in [1.165, 1.54) is 11.3 Å². The van der Waals surface area contributed by atoms with E-state index in [2.05, 4.69) is 0 Å². The number of hydrogen-bond donors (Lipinski definition) is 1. The summed E-state index contributed by atoms with van der Waals surface area (Å²) in [5.74, 6) is -0.0222. The minimum atomic E-state index is -0.850. The Bertz CT molecular complexity index is 569. The third-order valence-corrected chi connectivity index (χ3v) is 4.31. The van der Waals surface area contributed by atoms with Gasteiger partial charge in [0.05, 0.1) is 12.5 Å². The fourth-order valence-corrected chi connectivity index (χ4v) is 2.70. The number of hydrogen-bond acceptors (Lipinski definition) is 3. The summed E-state index contributed by atoms with van der Waals surface area (Å²) in [4.78, 5) is 12.1. The number of carboxylic acid groups (broad SMARTS) is 1. The molecule has 0 amide bonds. The summed E-state index contributed by atoms with van der Waals surface area (Å²) in [6, 6.07) is 7.69. The number of ether oxygens (including phenoxy) is 1. The van der Waals surface area contributed by atoms with Crippen LogP contribution in [-0.4, -0.2) is 18.2 Å². The van der Waals surface area contributed by atoms with Crippen molar-refractivity contribution in [1.82, 2.24) is 0 Å². The molecule has 90 valence electrons. The SMILES string of the molecule is COc1ccc2sc(C(C)(C)C(=O)O)cc2c1. The van der Waals surface area contributed by atoms with E-state index in [0.717, 1.165) is 20.7 Å². The van der Waals surface area contributed by atoms with Gasteiger partial charge >= 0.3 is 5.97 Å². The van der Waals surface area contributed by atoms with Gasteiger partial charge in [0.25, 0.3) is 0 Å². The molecule has 0 atom stereocenters. The highest BCUT2D eigenvalue weighted by Crippen LogP contribution is 2.36. The van der Waals surface area contributed by atoms with E-state index in [1.54, 1.807) is 21.0 Å². The van der Waals surface area contributed by atoms with Gasteiger partial charge in [0.2, 0.25) is 0 Å². The maximum atomic E-state index is 11.2. The Hall–Kier alpha value is -1.55. The predicted octanol–water partition coefficient (Wildman–Crippen LogP) is 3.27. The van der Waals surface area contributed by atoms with E-state index in [1.807, 2.05) is 24.3 Å². The van der Waals surface area contributed by atoms with Gasteiger partial charge in [0, 0.05) is 9.58 Å². The minimum absolute atomic E-state index is 0.787. The zero-order valence-corrected chi connectivity index (χ0v) is 10.8. The molecule has 0 saturated carbocycles. The first-order valence-corrected chi connectivity index (χ1v) is 6.08. The molecule has 0 aliphatic carbocycles. The molecule has 0 fully saturated rings. The number of fused-ring (bicyclic) bond motifs is 1. The molecule has 1 heterocycles. The van der Waals surface area contributed by atoms with Crippen molar-refractivity contribution in [1.29, 1.82) is 0 Å². The van der Waals surface area contributed by atoms with Crippen LogP contribution in [0.25, 0.3) is 10.1 Å². The largest absolute Gasteiger partial charge is 0.497 e. The normalized spacial score (nSPS) is 11.7. The Morgan fingerprint density at radius 2 is 2.06 bits per heavy atom. The molecule has 0 unspecified atom stereocenters. The highest BCUT2D eigenvalue weighted by molar-refractivity contribution is 7.19. The summed E-state index contributed by atoms with van der Waals surface area (Å²) in [7, 11) is 1.62. The first kappa shape index (κ1) is 11.9. The first-order chi connectivity index (χ1) is 7.95. The van der Waals surface area contributed by atoms with Crippen LogP contribution in [0.15, 0.2) is 24.3 Å². The maximum absolute atomic E-state index is 11.2. The molecule has 3 nitrogen and oxygen atoms in total. The third-order valence-electron chi connectivity index (χ3n) is 2.87. The molecule has 2 rings (SSSR count). The lowest BCUT2D eigenvalue weighted by atomic mass is 9.91. The monoisotopic (exact) mass is 250 g/mol. The fourth-order valence-electron chi connectivity index (χ4n) is 1.56. The zero-order valence-electron chi connectivity index (χ0n) is 9.98. The smallest absolute Gasteiger partial charge is 0.314 e. The lowest BCUT2D eigenvalue weighted by molar-refractivity contribution is -0.142. The van der Waals surface area contributed by atoms with Gasteiger partial charge in [-0.05, 0) is 43.5 Å². The van der Waals surface area contributed by atoms with Crippen LogP contribution in [0.4, 0.5) is 0 Å². The number of thiophene rings is 1. The Kier molecular flexibility index (Phi) is 2.83. The van der Waals surface area contributed by atoms with Crippen LogP contribution in [0.3, 0.4) is 0 Å². The molecular weight excluding hydrogens is 236 g/mol. The molecule has 17 heavy (non-hydrogen) atoms. The van der Waals surface area contributed by atoms with Crippen molar-refractivity contribution in [2.24, 2.45) is 0 Å². The molecule has 1 N–H and O–H groups in total. The highest BCUT2D eigenvalue weighted by atomic mass is 32.1. The summed E-state index contributed by atoms with van der Waals surface area (Å²) in [5, 5.41) is 10.2. The van der Waals surface area contributed by atoms with Crippen LogP contribution >= 0.6 is 11.3 Å². The molecular formula is C13H14O3S. The lowest BCUT2D eigenvalue weighted by Crippen LogP contribution is -2.27. The summed E-state index contributed by atoms with van der Waals surface area (Å²) in [6.45, 7) is 3.44. The van der Waals surface area contributed by atoms with Gasteiger partial charge in [-0.1, -0.05) is 0 Å². The number of benzene rings is 1. The van der Waals surface area contributed by atoms with Crippen LogP contribution in [0.5, 0.6) is 5.75 Å². The van der Waals surface area contributed by atoms with Crippen molar-refractivity contribution < 1.29 is 14.6 Å². The Labute approximate surface area is 104 Å². The number of methoxy groups -OCH3 is 1. The summed E-state index contributed by atoms with van der Waals surface area (Å²) < 4.78 is 6.23. The Balaban J connectivity index is 2.55. The number of carbonyl (C=O) groups is 1. The topological polar surface area (TPSA) is 46.5 Å². The molecule has 2 aromatic rings. The van der Waals surface area contributed by atoms with Gasteiger partial charge in [-0.3, -0.25) is 4.79 Å². The summed E-state index contributed by atoms with van der Waals surface area (Å²) in [6.07, 6.45) is 0. The van der Waals surface area contributed by atoms with Crippen LogP contribution < -0.4 is 4.74 Å². The average molecular weight is 250 g/mol. The van der Waals surface area contributed by atoms with E-state index >= 15 is 0 Å². The molecule has 1 aromatic carbocycles. The van der Waals surface area contributed by atoms with Crippen LogP contribution in [0, 0.1) is 0 Å². The van der Waals surface area contributed by atoms with Crippen molar-refractivity contribution >= 4 is 27.4 Å². The van der Waals surface area contributed by atoms with Crippen LogP contribution in [0.1, 0.15) is 18.7 Å². The fraction of sp³-hybridized carbons (Fsp3) is 0.308. The average Bonchev–Trinajstić information content (AvgIpc) is 2.71. The number of carboxylic acids is 1. The van der Waals surface area contributed by atoms with Crippen molar-refractivity contribution in [3.8, 4) is 5.75 Å². The number of rotatable bonds is 3. The first-order valence-electron chi connectivity index (χ1n) is 5.26. The Morgan fingerprint density at radius 3 is 2.65 bits per heavy atom. The van der Waals surface area contributed by atoms with E-state index in [4.69, 9.17) is 4.74 Å². The molecule has 1 aromatic heterocycles. The third kappa shape index (κ3) is 2.00. The van der Waals surface area contributed by atoms with Crippen molar-refractivity contribution in [2.45, 2.75) is 19.3 Å². The second kappa shape index (κ2) is 4.04. The van der Waals surface area contributed by atoms with Crippen molar-refractivity contribution in [3.05, 3.63) is 29.1 Å². The van der Waals surface area contributed by atoms with E-state index in [-0.39, 0.29) is 0 Å². The van der Waals surface area contributed by atoms with E-state index in [0.29, 0.717) is 0 Å². The second-order valence-electron chi connectivity index (χ2n) is 4.44.